The molecule has 0 bridgehead atoms. The van der Waals surface area contributed by atoms with Gasteiger partial charge in [-0.3, -0.25) is 0 Å². The van der Waals surface area contributed by atoms with Gasteiger partial charge in [-0.25, -0.2) is 8.78 Å². The summed E-state index contributed by atoms with van der Waals surface area (Å²) < 4.78 is 26.5. The Balaban J connectivity index is 3.01. The van der Waals surface area contributed by atoms with Gasteiger partial charge in [-0.05, 0) is 12.1 Å². The normalized spacial score (nSPS) is 11.0. The number of terminal acetylenes is 1. The molecule has 0 aliphatic carbocycles. The maximum Gasteiger partial charge on any atom is 0.275 e. The van der Waals surface area contributed by atoms with E-state index in [1.54, 1.807) is 6.07 Å². The molecule has 0 atom stereocenters. The summed E-state index contributed by atoms with van der Waals surface area (Å²) in [5, 5.41) is 8.47. The van der Waals surface area contributed by atoms with Gasteiger partial charge >= 0.3 is 0 Å². The number of aliphatic hydroxyl groups excluding tert-OH is 1. The fraction of sp³-hybridized carbons (Fsp3) is 0.273. The van der Waals surface area contributed by atoms with Crippen molar-refractivity contribution in [2.75, 3.05) is 6.61 Å². The Hall–Kier alpha value is -1.40. The van der Waals surface area contributed by atoms with E-state index in [1.807, 2.05) is 0 Å². The number of halogens is 2. The lowest BCUT2D eigenvalue weighted by Crippen LogP contribution is -2.15. The molecule has 0 aliphatic rings. The molecule has 74 valence electrons. The first-order valence-corrected chi connectivity index (χ1v) is 4.16. The van der Waals surface area contributed by atoms with Crippen molar-refractivity contribution >= 4 is 0 Å². The third kappa shape index (κ3) is 2.30. The van der Waals surface area contributed by atoms with E-state index in [4.69, 9.17) is 11.5 Å². The maximum absolute atomic E-state index is 13.2. The van der Waals surface area contributed by atoms with E-state index in [0.717, 1.165) is 0 Å². The second-order valence-electron chi connectivity index (χ2n) is 2.90. The first kappa shape index (κ1) is 10.7. The van der Waals surface area contributed by atoms with E-state index < -0.39 is 19.0 Å². The molecule has 1 rings (SSSR count). The van der Waals surface area contributed by atoms with Crippen molar-refractivity contribution in [3.8, 4) is 12.3 Å². The van der Waals surface area contributed by atoms with Gasteiger partial charge in [0.1, 0.15) is 0 Å². The van der Waals surface area contributed by atoms with Crippen LogP contribution in [0.1, 0.15) is 17.5 Å². The Morgan fingerprint density at radius 1 is 1.43 bits per heavy atom. The van der Waals surface area contributed by atoms with Gasteiger partial charge in [-0.2, -0.15) is 0 Å². The molecule has 0 aromatic heterocycles. The molecule has 0 amide bonds. The van der Waals surface area contributed by atoms with E-state index in [1.165, 1.54) is 18.2 Å². The molecule has 0 saturated heterocycles. The van der Waals surface area contributed by atoms with Gasteiger partial charge in [0, 0.05) is 24.2 Å². The van der Waals surface area contributed by atoms with Crippen molar-refractivity contribution in [2.45, 2.75) is 12.3 Å². The Bertz CT molecular complexity index is 353. The summed E-state index contributed by atoms with van der Waals surface area (Å²) in [6.45, 7) is -0.548. The van der Waals surface area contributed by atoms with Crippen molar-refractivity contribution in [2.24, 2.45) is 0 Å². The zero-order valence-electron chi connectivity index (χ0n) is 7.50. The summed E-state index contributed by atoms with van der Waals surface area (Å²) in [7, 11) is 0. The fourth-order valence-electron chi connectivity index (χ4n) is 1.12. The minimum Gasteiger partial charge on any atom is -0.396 e. The Morgan fingerprint density at radius 3 is 2.71 bits per heavy atom. The zero-order chi connectivity index (χ0) is 10.6. The van der Waals surface area contributed by atoms with E-state index in [0.29, 0.717) is 5.56 Å². The number of benzene rings is 1. The predicted octanol–water partition coefficient (Wildman–Crippen LogP) is 2.14. The van der Waals surface area contributed by atoms with Crippen molar-refractivity contribution in [1.29, 1.82) is 0 Å². The van der Waals surface area contributed by atoms with E-state index in [-0.39, 0.29) is 5.56 Å². The Morgan fingerprint density at radius 2 is 2.14 bits per heavy atom. The number of alkyl halides is 2. The standard InChI is InChI=1S/C11H10F2O/c1-2-9-4-3-5-10(8-9)11(12,13)6-7-14/h1,3-5,8,14H,6-7H2. The molecule has 0 unspecified atom stereocenters. The number of hydrogen-bond acceptors (Lipinski definition) is 1. The third-order valence-corrected chi connectivity index (χ3v) is 1.88. The molecule has 1 aromatic carbocycles. The summed E-state index contributed by atoms with van der Waals surface area (Å²) in [4.78, 5) is 0. The SMILES string of the molecule is C#Cc1cccc(C(F)(F)CCO)c1. The molecule has 14 heavy (non-hydrogen) atoms. The minimum absolute atomic E-state index is 0.151. The number of aliphatic hydroxyl groups is 1. The highest BCUT2D eigenvalue weighted by Crippen LogP contribution is 2.31. The average molecular weight is 196 g/mol. The molecule has 1 N–H and O–H groups in total. The van der Waals surface area contributed by atoms with Crippen LogP contribution in [0.15, 0.2) is 24.3 Å². The Labute approximate surface area is 81.4 Å². The van der Waals surface area contributed by atoms with E-state index >= 15 is 0 Å². The van der Waals surface area contributed by atoms with E-state index in [9.17, 15) is 8.78 Å². The summed E-state index contributed by atoms with van der Waals surface area (Å²) >= 11 is 0. The van der Waals surface area contributed by atoms with Crippen LogP contribution in [0, 0.1) is 12.3 Å². The van der Waals surface area contributed by atoms with Crippen molar-refractivity contribution in [3.05, 3.63) is 35.4 Å². The maximum atomic E-state index is 13.2. The van der Waals surface area contributed by atoms with Gasteiger partial charge in [-0.1, -0.05) is 18.1 Å². The lowest BCUT2D eigenvalue weighted by molar-refractivity contribution is -0.0269. The molecule has 0 fully saturated rings. The second kappa shape index (κ2) is 4.21. The molecule has 0 spiro atoms. The zero-order valence-corrected chi connectivity index (χ0v) is 7.50. The van der Waals surface area contributed by atoms with Crippen LogP contribution in [0.5, 0.6) is 0 Å². The highest BCUT2D eigenvalue weighted by molar-refractivity contribution is 5.36. The van der Waals surface area contributed by atoms with Crippen molar-refractivity contribution < 1.29 is 13.9 Å². The van der Waals surface area contributed by atoms with Crippen LogP contribution in [0.2, 0.25) is 0 Å². The van der Waals surface area contributed by atoms with Crippen LogP contribution < -0.4 is 0 Å². The highest BCUT2D eigenvalue weighted by Gasteiger charge is 2.30. The molecule has 0 radical (unpaired) electrons. The van der Waals surface area contributed by atoms with Crippen LogP contribution in [-0.2, 0) is 5.92 Å². The molecule has 1 nitrogen and oxygen atoms in total. The van der Waals surface area contributed by atoms with Gasteiger partial charge in [0.05, 0.1) is 0 Å². The molecule has 3 heteroatoms. The third-order valence-electron chi connectivity index (χ3n) is 1.88. The molecule has 0 saturated carbocycles. The topological polar surface area (TPSA) is 20.2 Å². The highest BCUT2D eigenvalue weighted by atomic mass is 19.3. The Kier molecular flexibility index (Phi) is 3.21. The van der Waals surface area contributed by atoms with Crippen LogP contribution in [0.25, 0.3) is 0 Å². The molecular weight excluding hydrogens is 186 g/mol. The summed E-state index contributed by atoms with van der Waals surface area (Å²) in [5.41, 5.74) is 0.266. The van der Waals surface area contributed by atoms with E-state index in [2.05, 4.69) is 5.92 Å². The van der Waals surface area contributed by atoms with Gasteiger partial charge < -0.3 is 5.11 Å². The predicted molar refractivity (Wildman–Crippen MR) is 50.0 cm³/mol. The van der Waals surface area contributed by atoms with Crippen molar-refractivity contribution in [3.63, 3.8) is 0 Å². The monoisotopic (exact) mass is 196 g/mol. The molecule has 0 heterocycles. The van der Waals surface area contributed by atoms with Crippen LogP contribution in [0.3, 0.4) is 0 Å². The van der Waals surface area contributed by atoms with Gasteiger partial charge in [0.15, 0.2) is 0 Å². The lowest BCUT2D eigenvalue weighted by atomic mass is 10.0. The first-order chi connectivity index (χ1) is 6.60. The number of rotatable bonds is 3. The molecule has 0 aliphatic heterocycles. The minimum atomic E-state index is -3.01. The van der Waals surface area contributed by atoms with Crippen LogP contribution in [-0.4, -0.2) is 11.7 Å². The van der Waals surface area contributed by atoms with Crippen molar-refractivity contribution in [1.82, 2.24) is 0 Å². The molecule has 1 aromatic rings. The number of hydrogen-bond donors (Lipinski definition) is 1. The smallest absolute Gasteiger partial charge is 0.275 e. The summed E-state index contributed by atoms with van der Waals surface area (Å²) in [5.74, 6) is -0.727. The molecular formula is C11H10F2O. The lowest BCUT2D eigenvalue weighted by Gasteiger charge is -2.15. The quantitative estimate of drug-likeness (QED) is 0.734. The first-order valence-electron chi connectivity index (χ1n) is 4.16. The fourth-order valence-corrected chi connectivity index (χ4v) is 1.12. The van der Waals surface area contributed by atoms with Gasteiger partial charge in [0.2, 0.25) is 0 Å². The largest absolute Gasteiger partial charge is 0.396 e. The van der Waals surface area contributed by atoms with Gasteiger partial charge in [-0.15, -0.1) is 6.42 Å². The second-order valence-corrected chi connectivity index (χ2v) is 2.90. The van der Waals surface area contributed by atoms with Crippen LogP contribution >= 0.6 is 0 Å². The van der Waals surface area contributed by atoms with Gasteiger partial charge in [0.25, 0.3) is 5.92 Å². The van der Waals surface area contributed by atoms with Crippen LogP contribution in [0.4, 0.5) is 8.78 Å². The average Bonchev–Trinajstić information content (AvgIpc) is 2.18. The summed E-state index contributed by atoms with van der Waals surface area (Å²) in [6.07, 6.45) is 4.51. The summed E-state index contributed by atoms with van der Waals surface area (Å²) in [6, 6.07) is 5.63.